The summed E-state index contributed by atoms with van der Waals surface area (Å²) in [7, 11) is 0. The maximum Gasteiger partial charge on any atom is 0.309 e. The number of rotatable bonds is 4. The summed E-state index contributed by atoms with van der Waals surface area (Å²) in [4.78, 5) is 26.5. The Bertz CT molecular complexity index is 834. The number of halogens is 3. The standard InChI is InChI=1S/C20H18Cl2FNO3/c21-16-4-1-13(2-5-16)19(25)24-9-7-14(8-10-24)20(26)27-12-15-3-6-17(23)11-18(15)22/h1-6,11,14H,7-10,12H2. The number of carbonyl (C=O) groups is 2. The Kier molecular flexibility index (Phi) is 6.34. The van der Waals surface area contributed by atoms with Gasteiger partial charge < -0.3 is 9.64 Å². The lowest BCUT2D eigenvalue weighted by Crippen LogP contribution is -2.40. The monoisotopic (exact) mass is 409 g/mol. The van der Waals surface area contributed by atoms with Gasteiger partial charge in [0.1, 0.15) is 12.4 Å². The number of nitrogens with zero attached hydrogens (tertiary/aromatic N) is 1. The highest BCUT2D eigenvalue weighted by Gasteiger charge is 2.29. The van der Waals surface area contributed by atoms with E-state index in [-0.39, 0.29) is 29.4 Å². The molecule has 4 nitrogen and oxygen atoms in total. The Hall–Kier alpha value is -2.11. The number of carbonyl (C=O) groups excluding carboxylic acids is 2. The normalized spacial score (nSPS) is 14.9. The van der Waals surface area contributed by atoms with Gasteiger partial charge in [-0.3, -0.25) is 9.59 Å². The van der Waals surface area contributed by atoms with Crippen molar-refractivity contribution in [1.29, 1.82) is 0 Å². The molecule has 2 aromatic carbocycles. The summed E-state index contributed by atoms with van der Waals surface area (Å²) in [6, 6.07) is 10.7. The number of hydrogen-bond donors (Lipinski definition) is 0. The smallest absolute Gasteiger partial charge is 0.309 e. The van der Waals surface area contributed by atoms with Crippen molar-refractivity contribution in [3.8, 4) is 0 Å². The van der Waals surface area contributed by atoms with Gasteiger partial charge >= 0.3 is 5.97 Å². The molecule has 0 aliphatic carbocycles. The second kappa shape index (κ2) is 8.72. The van der Waals surface area contributed by atoms with Gasteiger partial charge in [-0.1, -0.05) is 29.3 Å². The van der Waals surface area contributed by atoms with Crippen LogP contribution >= 0.6 is 23.2 Å². The lowest BCUT2D eigenvalue weighted by molar-refractivity contribution is -0.151. The molecule has 27 heavy (non-hydrogen) atoms. The summed E-state index contributed by atoms with van der Waals surface area (Å²) in [6.45, 7) is 0.971. The molecular weight excluding hydrogens is 392 g/mol. The molecule has 1 heterocycles. The molecule has 0 spiro atoms. The molecule has 142 valence electrons. The third-order valence-electron chi connectivity index (χ3n) is 4.59. The molecule has 7 heteroatoms. The minimum atomic E-state index is -0.437. The van der Waals surface area contributed by atoms with Crippen LogP contribution in [0.5, 0.6) is 0 Å². The molecule has 0 bridgehead atoms. The molecule has 0 saturated carbocycles. The van der Waals surface area contributed by atoms with E-state index in [0.29, 0.717) is 42.1 Å². The van der Waals surface area contributed by atoms with E-state index < -0.39 is 5.82 Å². The van der Waals surface area contributed by atoms with E-state index in [0.717, 1.165) is 0 Å². The fraction of sp³-hybridized carbons (Fsp3) is 0.300. The van der Waals surface area contributed by atoms with E-state index in [1.165, 1.54) is 18.2 Å². The highest BCUT2D eigenvalue weighted by atomic mass is 35.5. The van der Waals surface area contributed by atoms with E-state index >= 15 is 0 Å². The first kappa shape index (κ1) is 19.6. The molecule has 0 radical (unpaired) electrons. The molecule has 1 aliphatic rings. The maximum absolute atomic E-state index is 13.1. The maximum atomic E-state index is 13.1. The summed E-state index contributed by atoms with van der Waals surface area (Å²) in [5, 5.41) is 0.806. The topological polar surface area (TPSA) is 46.6 Å². The molecule has 1 aliphatic heterocycles. The van der Waals surface area contributed by atoms with Crippen LogP contribution in [0.25, 0.3) is 0 Å². The van der Waals surface area contributed by atoms with Gasteiger partial charge in [-0.15, -0.1) is 0 Å². The van der Waals surface area contributed by atoms with Crippen molar-refractivity contribution in [1.82, 2.24) is 4.90 Å². The minimum absolute atomic E-state index is 0.00185. The van der Waals surface area contributed by atoms with Crippen molar-refractivity contribution in [3.63, 3.8) is 0 Å². The lowest BCUT2D eigenvalue weighted by Gasteiger charge is -2.31. The molecule has 1 fully saturated rings. The van der Waals surface area contributed by atoms with Crippen LogP contribution in [0.2, 0.25) is 10.0 Å². The summed E-state index contributed by atoms with van der Waals surface area (Å²) in [5.74, 6) is -1.10. The second-order valence-electron chi connectivity index (χ2n) is 6.42. The molecular formula is C20H18Cl2FNO3. The van der Waals surface area contributed by atoms with E-state index in [1.54, 1.807) is 29.2 Å². The van der Waals surface area contributed by atoms with Crippen LogP contribution < -0.4 is 0 Å². The molecule has 0 N–H and O–H groups in total. The largest absolute Gasteiger partial charge is 0.461 e. The number of piperidine rings is 1. The SMILES string of the molecule is O=C(OCc1ccc(F)cc1Cl)C1CCN(C(=O)c2ccc(Cl)cc2)CC1. The highest BCUT2D eigenvalue weighted by Crippen LogP contribution is 2.23. The molecule has 0 aromatic heterocycles. The fourth-order valence-electron chi connectivity index (χ4n) is 3.00. The van der Waals surface area contributed by atoms with E-state index in [2.05, 4.69) is 0 Å². The zero-order valence-corrected chi connectivity index (χ0v) is 16.0. The molecule has 1 amide bonds. The fourth-order valence-corrected chi connectivity index (χ4v) is 3.35. The molecule has 2 aromatic rings. The first-order valence-corrected chi connectivity index (χ1v) is 9.35. The van der Waals surface area contributed by atoms with Crippen LogP contribution in [0.1, 0.15) is 28.8 Å². The molecule has 1 saturated heterocycles. The van der Waals surface area contributed by atoms with Crippen LogP contribution in [-0.4, -0.2) is 29.9 Å². The van der Waals surface area contributed by atoms with Crippen molar-refractivity contribution in [2.75, 3.05) is 13.1 Å². The van der Waals surface area contributed by atoms with Gasteiger partial charge in [-0.25, -0.2) is 4.39 Å². The average Bonchev–Trinajstić information content (AvgIpc) is 2.67. The Labute approximate surface area is 166 Å². The predicted molar refractivity (Wildman–Crippen MR) is 101 cm³/mol. The Balaban J connectivity index is 1.50. The van der Waals surface area contributed by atoms with Crippen molar-refractivity contribution >= 4 is 35.1 Å². The van der Waals surface area contributed by atoms with Gasteiger partial charge in [0.2, 0.25) is 0 Å². The van der Waals surface area contributed by atoms with Crippen LogP contribution in [0.4, 0.5) is 4.39 Å². The second-order valence-corrected chi connectivity index (χ2v) is 7.26. The number of hydrogen-bond acceptors (Lipinski definition) is 3. The summed E-state index contributed by atoms with van der Waals surface area (Å²) >= 11 is 11.8. The van der Waals surface area contributed by atoms with Crippen molar-refractivity contribution < 1.29 is 18.7 Å². The Morgan fingerprint density at radius 1 is 1.07 bits per heavy atom. The lowest BCUT2D eigenvalue weighted by atomic mass is 9.96. The number of likely N-dealkylation sites (tertiary alicyclic amines) is 1. The number of amides is 1. The van der Waals surface area contributed by atoms with E-state index in [9.17, 15) is 14.0 Å². The van der Waals surface area contributed by atoms with Crippen LogP contribution in [-0.2, 0) is 16.1 Å². The molecule has 0 unspecified atom stereocenters. The van der Waals surface area contributed by atoms with Gasteiger partial charge in [-0.2, -0.15) is 0 Å². The summed E-state index contributed by atoms with van der Waals surface area (Å²) in [6.07, 6.45) is 1.07. The Morgan fingerprint density at radius 3 is 2.37 bits per heavy atom. The third-order valence-corrected chi connectivity index (χ3v) is 5.20. The number of benzene rings is 2. The van der Waals surface area contributed by atoms with Crippen LogP contribution in [0.15, 0.2) is 42.5 Å². The third kappa shape index (κ3) is 4.99. The molecule has 0 atom stereocenters. The average molecular weight is 410 g/mol. The van der Waals surface area contributed by atoms with Crippen molar-refractivity contribution in [3.05, 3.63) is 69.5 Å². The zero-order valence-electron chi connectivity index (χ0n) is 14.5. The van der Waals surface area contributed by atoms with Gasteiger partial charge in [-0.05, 0) is 49.2 Å². The van der Waals surface area contributed by atoms with Gasteiger partial charge in [0.05, 0.1) is 10.9 Å². The van der Waals surface area contributed by atoms with Gasteiger partial charge in [0.25, 0.3) is 5.91 Å². The van der Waals surface area contributed by atoms with Gasteiger partial charge in [0.15, 0.2) is 0 Å². The quantitative estimate of drug-likeness (QED) is 0.685. The minimum Gasteiger partial charge on any atom is -0.461 e. The van der Waals surface area contributed by atoms with Gasteiger partial charge in [0, 0.05) is 29.2 Å². The van der Waals surface area contributed by atoms with Crippen molar-refractivity contribution in [2.24, 2.45) is 5.92 Å². The highest BCUT2D eigenvalue weighted by molar-refractivity contribution is 6.31. The molecule has 3 rings (SSSR count). The first-order chi connectivity index (χ1) is 12.9. The van der Waals surface area contributed by atoms with Crippen LogP contribution in [0, 0.1) is 11.7 Å². The summed E-state index contributed by atoms with van der Waals surface area (Å²) < 4.78 is 18.4. The van der Waals surface area contributed by atoms with E-state index in [4.69, 9.17) is 27.9 Å². The van der Waals surface area contributed by atoms with E-state index in [1.807, 2.05) is 0 Å². The number of esters is 1. The van der Waals surface area contributed by atoms with Crippen LogP contribution in [0.3, 0.4) is 0 Å². The first-order valence-electron chi connectivity index (χ1n) is 8.59. The Morgan fingerprint density at radius 2 is 1.74 bits per heavy atom. The predicted octanol–water partition coefficient (Wildman–Crippen LogP) is 4.73. The summed E-state index contributed by atoms with van der Waals surface area (Å²) in [5.41, 5.74) is 1.13. The van der Waals surface area contributed by atoms with Crippen molar-refractivity contribution in [2.45, 2.75) is 19.4 Å². The number of ether oxygens (including phenoxy) is 1. The zero-order chi connectivity index (χ0) is 19.4.